The van der Waals surface area contributed by atoms with Crippen LogP contribution in [0, 0.1) is 12.3 Å². The van der Waals surface area contributed by atoms with Gasteiger partial charge in [0.05, 0.1) is 22.4 Å². The Morgan fingerprint density at radius 1 is 1.06 bits per heavy atom. The maximum Gasteiger partial charge on any atom is 0.322 e. The second kappa shape index (κ2) is 9.82. The van der Waals surface area contributed by atoms with Gasteiger partial charge < -0.3 is 15.2 Å². The monoisotopic (exact) mass is 462 g/mol. The average Bonchev–Trinajstić information content (AvgIpc) is 2.68. The van der Waals surface area contributed by atoms with Gasteiger partial charge in [-0.15, -0.1) is 0 Å². The standard InChI is InChI=1S/C22H26N2O7S/c1-14-11-16(9-10-18(14)31-21(28)22(2,3)4)32(29,30)24-17-8-6-5-7-15(17)12-19(25)23-13-20(26)27/h5-11,24H,12-13H2,1-4H3,(H,23,25)(H,26,27). The van der Waals surface area contributed by atoms with Gasteiger partial charge in [-0.1, -0.05) is 18.2 Å². The number of aliphatic carboxylic acids is 1. The number of carbonyl (C=O) groups is 3. The Morgan fingerprint density at radius 3 is 2.31 bits per heavy atom. The van der Waals surface area contributed by atoms with Gasteiger partial charge in [-0.3, -0.25) is 19.1 Å². The number of anilines is 1. The van der Waals surface area contributed by atoms with E-state index in [2.05, 4.69) is 10.0 Å². The van der Waals surface area contributed by atoms with E-state index in [1.165, 1.54) is 24.3 Å². The summed E-state index contributed by atoms with van der Waals surface area (Å²) in [6.45, 7) is 6.25. The molecule has 0 aliphatic carbocycles. The highest BCUT2D eigenvalue weighted by Gasteiger charge is 2.25. The molecule has 0 aromatic heterocycles. The number of aryl methyl sites for hydroxylation is 1. The van der Waals surface area contributed by atoms with Gasteiger partial charge in [0.2, 0.25) is 5.91 Å². The Labute approximate surface area is 186 Å². The van der Waals surface area contributed by atoms with Gasteiger partial charge >= 0.3 is 11.9 Å². The number of carboxylic acids is 1. The third-order valence-electron chi connectivity index (χ3n) is 4.32. The summed E-state index contributed by atoms with van der Waals surface area (Å²) in [4.78, 5) is 34.6. The molecule has 0 spiro atoms. The molecule has 0 radical (unpaired) electrons. The van der Waals surface area contributed by atoms with Crippen molar-refractivity contribution < 1.29 is 32.6 Å². The number of carboxylic acid groups (broad SMARTS) is 1. The van der Waals surface area contributed by atoms with E-state index in [-0.39, 0.29) is 22.8 Å². The summed E-state index contributed by atoms with van der Waals surface area (Å²) in [7, 11) is -4.01. The topological polar surface area (TPSA) is 139 Å². The maximum absolute atomic E-state index is 12.9. The van der Waals surface area contributed by atoms with E-state index in [0.717, 1.165) is 0 Å². The highest BCUT2D eigenvalue weighted by molar-refractivity contribution is 7.92. The summed E-state index contributed by atoms with van der Waals surface area (Å²) >= 11 is 0. The lowest BCUT2D eigenvalue weighted by molar-refractivity contribution is -0.143. The van der Waals surface area contributed by atoms with Gasteiger partial charge in [-0.2, -0.15) is 0 Å². The molecule has 172 valence electrons. The van der Waals surface area contributed by atoms with Crippen molar-refractivity contribution in [2.24, 2.45) is 5.41 Å². The summed E-state index contributed by atoms with van der Waals surface area (Å²) in [6, 6.07) is 10.4. The fourth-order valence-electron chi connectivity index (χ4n) is 2.54. The van der Waals surface area contributed by atoms with Crippen LogP contribution in [0.25, 0.3) is 0 Å². The van der Waals surface area contributed by atoms with Crippen LogP contribution in [0.15, 0.2) is 47.4 Å². The van der Waals surface area contributed by atoms with Crippen molar-refractivity contribution in [1.82, 2.24) is 5.32 Å². The Hall–Kier alpha value is -3.40. The smallest absolute Gasteiger partial charge is 0.322 e. The first-order valence-electron chi connectivity index (χ1n) is 9.72. The molecule has 0 saturated heterocycles. The molecule has 0 unspecified atom stereocenters. The van der Waals surface area contributed by atoms with E-state index < -0.39 is 39.8 Å². The van der Waals surface area contributed by atoms with Crippen LogP contribution < -0.4 is 14.8 Å². The summed E-state index contributed by atoms with van der Waals surface area (Å²) < 4.78 is 33.6. The molecule has 2 aromatic carbocycles. The molecule has 32 heavy (non-hydrogen) atoms. The molecule has 0 heterocycles. The van der Waals surface area contributed by atoms with E-state index in [9.17, 15) is 22.8 Å². The maximum atomic E-state index is 12.9. The molecule has 0 atom stereocenters. The van der Waals surface area contributed by atoms with E-state index in [1.54, 1.807) is 45.9 Å². The number of sulfonamides is 1. The van der Waals surface area contributed by atoms with Crippen LogP contribution in [0.1, 0.15) is 31.9 Å². The van der Waals surface area contributed by atoms with Crippen LogP contribution in [0.2, 0.25) is 0 Å². The van der Waals surface area contributed by atoms with Crippen molar-refractivity contribution in [3.8, 4) is 5.75 Å². The third-order valence-corrected chi connectivity index (χ3v) is 5.68. The number of carbonyl (C=O) groups excluding carboxylic acids is 2. The van der Waals surface area contributed by atoms with E-state index in [0.29, 0.717) is 11.1 Å². The minimum Gasteiger partial charge on any atom is -0.480 e. The first-order chi connectivity index (χ1) is 14.8. The second-order valence-corrected chi connectivity index (χ2v) is 9.86. The van der Waals surface area contributed by atoms with Crippen LogP contribution in [0.3, 0.4) is 0 Å². The number of esters is 1. The van der Waals surface area contributed by atoms with Crippen LogP contribution in [-0.2, 0) is 30.8 Å². The average molecular weight is 463 g/mol. The number of amides is 1. The summed E-state index contributed by atoms with van der Waals surface area (Å²) in [6.07, 6.45) is -0.202. The van der Waals surface area contributed by atoms with Gasteiger partial charge in [-0.05, 0) is 63.1 Å². The second-order valence-electron chi connectivity index (χ2n) is 8.18. The zero-order valence-corrected chi connectivity index (χ0v) is 19.1. The Balaban J connectivity index is 2.22. The van der Waals surface area contributed by atoms with Crippen molar-refractivity contribution in [3.05, 3.63) is 53.6 Å². The predicted molar refractivity (Wildman–Crippen MR) is 118 cm³/mol. The van der Waals surface area contributed by atoms with Gasteiger partial charge in [0.25, 0.3) is 10.0 Å². The molecule has 0 saturated carbocycles. The molecule has 0 aliphatic heterocycles. The minimum atomic E-state index is -4.01. The lowest BCUT2D eigenvalue weighted by Crippen LogP contribution is -2.30. The third kappa shape index (κ3) is 6.81. The highest BCUT2D eigenvalue weighted by atomic mass is 32.2. The molecule has 9 nitrogen and oxygen atoms in total. The molecular formula is C22H26N2O7S. The predicted octanol–water partition coefficient (Wildman–Crippen LogP) is 2.49. The first-order valence-corrected chi connectivity index (χ1v) is 11.2. The molecule has 0 aliphatic rings. The zero-order valence-electron chi connectivity index (χ0n) is 18.3. The van der Waals surface area contributed by atoms with Gasteiger partial charge in [0, 0.05) is 0 Å². The van der Waals surface area contributed by atoms with Gasteiger partial charge in [0.1, 0.15) is 12.3 Å². The van der Waals surface area contributed by atoms with Crippen LogP contribution in [0.5, 0.6) is 5.75 Å². The number of hydrogen-bond donors (Lipinski definition) is 3. The lowest BCUT2D eigenvalue weighted by Gasteiger charge is -2.18. The normalized spacial score (nSPS) is 11.5. The van der Waals surface area contributed by atoms with Crippen LogP contribution in [-0.4, -0.2) is 37.9 Å². The number of rotatable bonds is 8. The van der Waals surface area contributed by atoms with Crippen LogP contribution in [0.4, 0.5) is 5.69 Å². The summed E-state index contributed by atoms with van der Waals surface area (Å²) in [5.74, 6) is -1.91. The summed E-state index contributed by atoms with van der Waals surface area (Å²) in [5, 5.41) is 10.9. The van der Waals surface area contributed by atoms with Crippen molar-refractivity contribution in [1.29, 1.82) is 0 Å². The van der Waals surface area contributed by atoms with Gasteiger partial charge in [0.15, 0.2) is 0 Å². The SMILES string of the molecule is Cc1cc(S(=O)(=O)Nc2ccccc2CC(=O)NCC(=O)O)ccc1OC(=O)C(C)(C)C. The minimum absolute atomic E-state index is 0.0457. The van der Waals surface area contributed by atoms with Crippen molar-refractivity contribution >= 4 is 33.6 Å². The lowest BCUT2D eigenvalue weighted by atomic mass is 9.97. The molecule has 2 rings (SSSR count). The van der Waals surface area contributed by atoms with Crippen LogP contribution >= 0.6 is 0 Å². The molecule has 1 amide bonds. The van der Waals surface area contributed by atoms with Crippen molar-refractivity contribution in [2.45, 2.75) is 39.0 Å². The summed E-state index contributed by atoms with van der Waals surface area (Å²) in [5.41, 5.74) is 0.330. The van der Waals surface area contributed by atoms with Crippen molar-refractivity contribution in [2.75, 3.05) is 11.3 Å². The van der Waals surface area contributed by atoms with E-state index in [4.69, 9.17) is 9.84 Å². The number of hydrogen-bond acceptors (Lipinski definition) is 6. The van der Waals surface area contributed by atoms with E-state index in [1.807, 2.05) is 0 Å². The Bertz CT molecular complexity index is 1140. The van der Waals surface area contributed by atoms with Crippen molar-refractivity contribution in [3.63, 3.8) is 0 Å². The Morgan fingerprint density at radius 2 is 1.72 bits per heavy atom. The molecule has 3 N–H and O–H groups in total. The first kappa shape index (κ1) is 24.9. The fraction of sp³-hybridized carbons (Fsp3) is 0.318. The number of para-hydroxylation sites is 1. The molecule has 10 heteroatoms. The number of nitrogens with one attached hydrogen (secondary N) is 2. The Kier molecular flexibility index (Phi) is 7.63. The zero-order chi connectivity index (χ0) is 24.1. The molecule has 2 aromatic rings. The number of benzene rings is 2. The quantitative estimate of drug-likeness (QED) is 0.405. The molecule has 0 fully saturated rings. The fourth-order valence-corrected chi connectivity index (χ4v) is 3.73. The molecular weight excluding hydrogens is 436 g/mol. The largest absolute Gasteiger partial charge is 0.480 e. The highest BCUT2D eigenvalue weighted by Crippen LogP contribution is 2.27. The van der Waals surface area contributed by atoms with E-state index >= 15 is 0 Å². The molecule has 0 bridgehead atoms. The number of ether oxygens (including phenoxy) is 1. The van der Waals surface area contributed by atoms with Gasteiger partial charge in [-0.25, -0.2) is 8.42 Å².